The van der Waals surface area contributed by atoms with Gasteiger partial charge in [0.05, 0.1) is 5.69 Å². The molecule has 1 aromatic rings. The van der Waals surface area contributed by atoms with E-state index >= 15 is 0 Å². The molecule has 0 atom stereocenters. The summed E-state index contributed by atoms with van der Waals surface area (Å²) >= 11 is 0. The maximum atomic E-state index is 12.3. The number of rotatable bonds is 7. The van der Waals surface area contributed by atoms with Gasteiger partial charge < -0.3 is 5.32 Å². The van der Waals surface area contributed by atoms with Crippen LogP contribution in [0.15, 0.2) is 23.4 Å². The monoisotopic (exact) mass is 285 g/mol. The molecule has 0 bridgehead atoms. The van der Waals surface area contributed by atoms with Gasteiger partial charge in [0.1, 0.15) is 0 Å². The molecule has 108 valence electrons. The number of nitrogens with one attached hydrogen (secondary N) is 2. The minimum absolute atomic E-state index is 0.0590. The average molecular weight is 285 g/mol. The Morgan fingerprint density at radius 2 is 2.00 bits per heavy atom. The Morgan fingerprint density at radius 1 is 1.32 bits per heavy atom. The van der Waals surface area contributed by atoms with Crippen LogP contribution in [-0.2, 0) is 10.0 Å². The molecule has 0 aliphatic carbocycles. The van der Waals surface area contributed by atoms with Crippen LogP contribution in [0.2, 0.25) is 0 Å². The number of nitrogens with zero attached hydrogens (tertiary/aromatic N) is 1. The molecule has 1 rings (SSSR count). The van der Waals surface area contributed by atoms with Gasteiger partial charge in [-0.25, -0.2) is 18.1 Å². The second-order valence-corrected chi connectivity index (χ2v) is 6.91. The summed E-state index contributed by atoms with van der Waals surface area (Å²) in [6, 6.07) is 3.43. The van der Waals surface area contributed by atoms with E-state index in [0.29, 0.717) is 18.8 Å². The van der Waals surface area contributed by atoms with Gasteiger partial charge in [-0.15, -0.1) is 0 Å². The van der Waals surface area contributed by atoms with Crippen molar-refractivity contribution in [3.05, 3.63) is 18.3 Å². The summed E-state index contributed by atoms with van der Waals surface area (Å²) in [6.45, 7) is 9.05. The fourth-order valence-corrected chi connectivity index (χ4v) is 2.76. The van der Waals surface area contributed by atoms with Gasteiger partial charge in [-0.1, -0.05) is 20.8 Å². The van der Waals surface area contributed by atoms with Crippen molar-refractivity contribution in [2.45, 2.75) is 39.1 Å². The fraction of sp³-hybridized carbons (Fsp3) is 0.615. The van der Waals surface area contributed by atoms with Crippen LogP contribution < -0.4 is 10.0 Å². The molecule has 0 aromatic carbocycles. The number of anilines is 1. The molecule has 0 unspecified atom stereocenters. The molecule has 0 aliphatic rings. The molecule has 0 radical (unpaired) electrons. The lowest BCUT2D eigenvalue weighted by Gasteiger charge is -2.23. The summed E-state index contributed by atoms with van der Waals surface area (Å²) < 4.78 is 27.2. The molecule has 6 heteroatoms. The topological polar surface area (TPSA) is 71.1 Å². The molecule has 19 heavy (non-hydrogen) atoms. The minimum Gasteiger partial charge on any atom is -0.383 e. The van der Waals surface area contributed by atoms with E-state index in [4.69, 9.17) is 0 Å². The molecule has 1 heterocycles. The summed E-state index contributed by atoms with van der Waals surface area (Å²) in [5.41, 5.74) is 0.465. The molecule has 0 saturated heterocycles. The van der Waals surface area contributed by atoms with Crippen LogP contribution in [0, 0.1) is 5.41 Å². The van der Waals surface area contributed by atoms with Crippen molar-refractivity contribution in [2.24, 2.45) is 5.41 Å². The van der Waals surface area contributed by atoms with Crippen LogP contribution in [0.25, 0.3) is 0 Å². The van der Waals surface area contributed by atoms with Gasteiger partial charge in [0.2, 0.25) is 0 Å². The Hall–Kier alpha value is -1.14. The van der Waals surface area contributed by atoms with Crippen LogP contribution in [0.4, 0.5) is 5.69 Å². The second kappa shape index (κ2) is 6.34. The second-order valence-electron chi connectivity index (χ2n) is 5.23. The van der Waals surface area contributed by atoms with E-state index < -0.39 is 10.0 Å². The van der Waals surface area contributed by atoms with Crippen LogP contribution in [0.5, 0.6) is 0 Å². The highest BCUT2D eigenvalue weighted by Crippen LogP contribution is 2.21. The van der Waals surface area contributed by atoms with E-state index in [2.05, 4.69) is 15.0 Å². The number of sulfonamides is 1. The highest BCUT2D eigenvalue weighted by atomic mass is 32.2. The maximum Gasteiger partial charge on any atom is 0.260 e. The van der Waals surface area contributed by atoms with E-state index in [9.17, 15) is 8.42 Å². The van der Waals surface area contributed by atoms with Crippen LogP contribution in [0.3, 0.4) is 0 Å². The van der Waals surface area contributed by atoms with Crippen LogP contribution in [-0.4, -0.2) is 26.5 Å². The third-order valence-electron chi connectivity index (χ3n) is 3.09. The highest BCUT2D eigenvalue weighted by molar-refractivity contribution is 7.89. The van der Waals surface area contributed by atoms with Crippen molar-refractivity contribution in [3.63, 3.8) is 0 Å². The SMILES string of the molecule is CCNc1cccnc1S(=O)(=O)NCC(C)(C)CC. The van der Waals surface area contributed by atoms with Crippen molar-refractivity contribution in [3.8, 4) is 0 Å². The lowest BCUT2D eigenvalue weighted by Crippen LogP contribution is -2.34. The van der Waals surface area contributed by atoms with E-state index in [-0.39, 0.29) is 10.4 Å². The normalized spacial score (nSPS) is 12.4. The lowest BCUT2D eigenvalue weighted by atomic mass is 9.91. The van der Waals surface area contributed by atoms with Crippen molar-refractivity contribution < 1.29 is 8.42 Å². The molecule has 1 aromatic heterocycles. The first kappa shape index (κ1) is 15.9. The van der Waals surface area contributed by atoms with Crippen molar-refractivity contribution in [2.75, 3.05) is 18.4 Å². The first-order valence-corrected chi connectivity index (χ1v) is 7.99. The Kier molecular flexibility index (Phi) is 5.31. The zero-order chi connectivity index (χ0) is 14.5. The van der Waals surface area contributed by atoms with Crippen molar-refractivity contribution in [1.29, 1.82) is 0 Å². The average Bonchev–Trinajstić information content (AvgIpc) is 2.38. The summed E-state index contributed by atoms with van der Waals surface area (Å²) in [7, 11) is -3.58. The molecule has 0 spiro atoms. The fourth-order valence-electron chi connectivity index (χ4n) is 1.41. The Labute approximate surface area is 115 Å². The zero-order valence-electron chi connectivity index (χ0n) is 12.0. The van der Waals surface area contributed by atoms with Gasteiger partial charge in [-0.05, 0) is 30.9 Å². The highest BCUT2D eigenvalue weighted by Gasteiger charge is 2.23. The summed E-state index contributed by atoms with van der Waals surface area (Å²) in [5, 5.41) is 3.07. The van der Waals surface area contributed by atoms with Crippen molar-refractivity contribution in [1.82, 2.24) is 9.71 Å². The number of pyridine rings is 1. The Balaban J connectivity index is 2.95. The summed E-state index contributed by atoms with van der Waals surface area (Å²) in [5.74, 6) is 0. The number of hydrogen-bond donors (Lipinski definition) is 2. The van der Waals surface area contributed by atoms with E-state index in [1.807, 2.05) is 27.7 Å². The molecule has 0 fully saturated rings. The summed E-state index contributed by atoms with van der Waals surface area (Å²) in [4.78, 5) is 3.98. The standard InChI is InChI=1S/C13H23N3O2S/c1-5-13(3,4)10-16-19(17,18)12-11(14-6-2)8-7-9-15-12/h7-9,14,16H,5-6,10H2,1-4H3. The smallest absolute Gasteiger partial charge is 0.260 e. The van der Waals surface area contributed by atoms with Gasteiger partial charge in [0.15, 0.2) is 5.03 Å². The minimum atomic E-state index is -3.58. The first-order valence-electron chi connectivity index (χ1n) is 6.51. The lowest BCUT2D eigenvalue weighted by molar-refractivity contribution is 0.350. The molecule has 2 N–H and O–H groups in total. The van der Waals surface area contributed by atoms with Gasteiger partial charge in [-0.2, -0.15) is 0 Å². The largest absolute Gasteiger partial charge is 0.383 e. The molecular weight excluding hydrogens is 262 g/mol. The Morgan fingerprint density at radius 3 is 2.58 bits per heavy atom. The molecule has 0 amide bonds. The quantitative estimate of drug-likeness (QED) is 0.806. The third kappa shape index (κ3) is 4.47. The van der Waals surface area contributed by atoms with Gasteiger partial charge in [0.25, 0.3) is 10.0 Å². The van der Waals surface area contributed by atoms with E-state index in [0.717, 1.165) is 6.42 Å². The van der Waals surface area contributed by atoms with Gasteiger partial charge in [0, 0.05) is 19.3 Å². The van der Waals surface area contributed by atoms with E-state index in [1.54, 1.807) is 12.1 Å². The van der Waals surface area contributed by atoms with Crippen LogP contribution >= 0.6 is 0 Å². The third-order valence-corrected chi connectivity index (χ3v) is 4.45. The maximum absolute atomic E-state index is 12.3. The zero-order valence-corrected chi connectivity index (χ0v) is 12.8. The number of aromatic nitrogens is 1. The predicted octanol–water partition coefficient (Wildman–Crippen LogP) is 2.23. The van der Waals surface area contributed by atoms with Crippen LogP contribution in [0.1, 0.15) is 34.1 Å². The Bertz CT molecular complexity index is 512. The molecule has 5 nitrogen and oxygen atoms in total. The molecule has 0 aliphatic heterocycles. The molecule has 0 saturated carbocycles. The molecular formula is C13H23N3O2S. The summed E-state index contributed by atoms with van der Waals surface area (Å²) in [6.07, 6.45) is 2.39. The van der Waals surface area contributed by atoms with Gasteiger partial charge in [-0.3, -0.25) is 0 Å². The first-order chi connectivity index (χ1) is 8.82. The van der Waals surface area contributed by atoms with Gasteiger partial charge >= 0.3 is 0 Å². The predicted molar refractivity (Wildman–Crippen MR) is 77.7 cm³/mol. The van der Waals surface area contributed by atoms with Crippen molar-refractivity contribution >= 4 is 15.7 Å². The number of hydrogen-bond acceptors (Lipinski definition) is 4. The van der Waals surface area contributed by atoms with E-state index in [1.165, 1.54) is 6.20 Å².